The molecule has 0 bridgehead atoms. The molecule has 0 aliphatic rings. The molecule has 0 unspecified atom stereocenters. The number of hydrogen-bond acceptors (Lipinski definition) is 5. The van der Waals surface area contributed by atoms with Crippen molar-refractivity contribution in [1.29, 1.82) is 0 Å². The fourth-order valence-electron chi connectivity index (χ4n) is 3.20. The number of aryl methyl sites for hydroxylation is 1. The summed E-state index contributed by atoms with van der Waals surface area (Å²) < 4.78 is 12.7. The largest absolute Gasteiger partial charge is 0.493 e. The Morgan fingerprint density at radius 2 is 1.81 bits per heavy atom. The molecule has 0 saturated heterocycles. The van der Waals surface area contributed by atoms with Crippen LogP contribution in [0.3, 0.4) is 0 Å². The molecule has 4 aromatic rings. The number of aromatic nitrogens is 4. The second-order valence-corrected chi connectivity index (χ2v) is 6.40. The second-order valence-electron chi connectivity index (χ2n) is 6.40. The summed E-state index contributed by atoms with van der Waals surface area (Å²) in [6.07, 6.45) is 5.63. The van der Waals surface area contributed by atoms with E-state index >= 15 is 0 Å². The van der Waals surface area contributed by atoms with Crippen LogP contribution in [0.2, 0.25) is 0 Å². The molecular formula is C21H20N4O2. The number of ether oxygens (including phenoxy) is 2. The van der Waals surface area contributed by atoms with Gasteiger partial charge in [-0.15, -0.1) is 0 Å². The molecule has 0 aliphatic heterocycles. The molecule has 0 fully saturated rings. The highest BCUT2D eigenvalue weighted by atomic mass is 16.5. The average Bonchev–Trinajstić information content (AvgIpc) is 3.14. The predicted molar refractivity (Wildman–Crippen MR) is 104 cm³/mol. The van der Waals surface area contributed by atoms with Crippen LogP contribution in [0.1, 0.15) is 11.1 Å². The maximum absolute atomic E-state index is 5.44. The lowest BCUT2D eigenvalue weighted by atomic mass is 10.1. The SMILES string of the molecule is COc1cc2nncc(-c3cnn(Cc4cccc(C)c4)c3)c2cc1OC. The van der Waals surface area contributed by atoms with Crippen LogP contribution in [0.4, 0.5) is 0 Å². The molecule has 0 saturated carbocycles. The zero-order valence-corrected chi connectivity index (χ0v) is 15.5. The van der Waals surface area contributed by atoms with Crippen LogP contribution in [0.5, 0.6) is 11.5 Å². The summed E-state index contributed by atoms with van der Waals surface area (Å²) in [5, 5.41) is 13.8. The first-order valence-corrected chi connectivity index (χ1v) is 8.63. The first kappa shape index (κ1) is 17.0. The summed E-state index contributed by atoms with van der Waals surface area (Å²) in [6, 6.07) is 12.2. The molecule has 136 valence electrons. The Morgan fingerprint density at radius 3 is 2.59 bits per heavy atom. The van der Waals surface area contributed by atoms with Gasteiger partial charge in [-0.25, -0.2) is 0 Å². The van der Waals surface area contributed by atoms with Crippen LogP contribution in [0.25, 0.3) is 22.0 Å². The minimum absolute atomic E-state index is 0.631. The molecule has 0 radical (unpaired) electrons. The quantitative estimate of drug-likeness (QED) is 0.541. The standard InChI is InChI=1S/C21H20N4O2/c1-14-5-4-6-15(7-14)12-25-13-16(10-23-25)18-11-22-24-19-9-21(27-3)20(26-2)8-17(18)19/h4-11,13H,12H2,1-3H3. The van der Waals surface area contributed by atoms with E-state index in [1.165, 1.54) is 11.1 Å². The van der Waals surface area contributed by atoms with Crippen molar-refractivity contribution >= 4 is 10.9 Å². The molecule has 2 aromatic heterocycles. The van der Waals surface area contributed by atoms with Gasteiger partial charge in [-0.1, -0.05) is 29.8 Å². The first-order valence-electron chi connectivity index (χ1n) is 8.63. The lowest BCUT2D eigenvalue weighted by Crippen LogP contribution is -1.99. The zero-order chi connectivity index (χ0) is 18.8. The van der Waals surface area contributed by atoms with Crippen molar-refractivity contribution in [2.75, 3.05) is 14.2 Å². The molecule has 0 amide bonds. The molecule has 2 aromatic carbocycles. The minimum atomic E-state index is 0.631. The van der Waals surface area contributed by atoms with Crippen molar-refractivity contribution in [3.05, 3.63) is 66.1 Å². The number of fused-ring (bicyclic) bond motifs is 1. The highest BCUT2D eigenvalue weighted by Crippen LogP contribution is 2.35. The van der Waals surface area contributed by atoms with Crippen LogP contribution < -0.4 is 9.47 Å². The predicted octanol–water partition coefficient (Wildman–Crippen LogP) is 3.87. The lowest BCUT2D eigenvalue weighted by Gasteiger charge is -2.10. The number of hydrogen-bond donors (Lipinski definition) is 0. The molecule has 0 atom stereocenters. The Labute approximate surface area is 157 Å². The fourth-order valence-corrected chi connectivity index (χ4v) is 3.20. The van der Waals surface area contributed by atoms with Gasteiger partial charge in [0.2, 0.25) is 0 Å². The van der Waals surface area contributed by atoms with Crippen molar-refractivity contribution in [3.8, 4) is 22.6 Å². The highest BCUT2D eigenvalue weighted by molar-refractivity contribution is 5.95. The van der Waals surface area contributed by atoms with Gasteiger partial charge in [0.1, 0.15) is 0 Å². The molecular weight excluding hydrogens is 340 g/mol. The van der Waals surface area contributed by atoms with E-state index in [2.05, 4.69) is 46.5 Å². The monoisotopic (exact) mass is 360 g/mol. The van der Waals surface area contributed by atoms with E-state index in [0.29, 0.717) is 11.5 Å². The van der Waals surface area contributed by atoms with Gasteiger partial charge < -0.3 is 9.47 Å². The van der Waals surface area contributed by atoms with E-state index < -0.39 is 0 Å². The Balaban J connectivity index is 1.73. The van der Waals surface area contributed by atoms with Crippen LogP contribution >= 0.6 is 0 Å². The van der Waals surface area contributed by atoms with Crippen molar-refractivity contribution in [3.63, 3.8) is 0 Å². The van der Waals surface area contributed by atoms with Crippen LogP contribution in [0, 0.1) is 6.92 Å². The van der Waals surface area contributed by atoms with Gasteiger partial charge in [0, 0.05) is 28.8 Å². The van der Waals surface area contributed by atoms with Crippen molar-refractivity contribution in [2.24, 2.45) is 0 Å². The van der Waals surface area contributed by atoms with Gasteiger partial charge in [0.25, 0.3) is 0 Å². The van der Waals surface area contributed by atoms with Gasteiger partial charge in [-0.3, -0.25) is 4.68 Å². The molecule has 0 N–H and O–H groups in total. The third kappa shape index (κ3) is 3.33. The van der Waals surface area contributed by atoms with Crippen molar-refractivity contribution in [1.82, 2.24) is 20.0 Å². The van der Waals surface area contributed by atoms with Crippen LogP contribution in [-0.4, -0.2) is 34.2 Å². The Morgan fingerprint density at radius 1 is 1.00 bits per heavy atom. The first-order chi connectivity index (χ1) is 13.2. The topological polar surface area (TPSA) is 62.1 Å². The van der Waals surface area contributed by atoms with Gasteiger partial charge in [-0.05, 0) is 18.6 Å². The third-order valence-electron chi connectivity index (χ3n) is 4.52. The maximum Gasteiger partial charge on any atom is 0.162 e. The Kier molecular flexibility index (Phi) is 4.46. The van der Waals surface area contributed by atoms with Crippen molar-refractivity contribution in [2.45, 2.75) is 13.5 Å². The van der Waals surface area contributed by atoms with E-state index in [0.717, 1.165) is 28.6 Å². The Bertz CT molecular complexity index is 1100. The number of methoxy groups -OCH3 is 2. The number of nitrogens with zero attached hydrogens (tertiary/aromatic N) is 4. The molecule has 6 heteroatoms. The van der Waals surface area contributed by atoms with Gasteiger partial charge >= 0.3 is 0 Å². The second kappa shape index (κ2) is 7.07. The number of rotatable bonds is 5. The summed E-state index contributed by atoms with van der Waals surface area (Å²) in [5.74, 6) is 1.29. The Hall–Kier alpha value is -3.41. The molecule has 6 nitrogen and oxygen atoms in total. The fraction of sp³-hybridized carbons (Fsp3) is 0.190. The van der Waals surface area contributed by atoms with Crippen LogP contribution in [0.15, 0.2) is 55.0 Å². The molecule has 0 aliphatic carbocycles. The highest BCUT2D eigenvalue weighted by Gasteiger charge is 2.13. The summed E-state index contributed by atoms with van der Waals surface area (Å²) in [6.45, 7) is 2.81. The van der Waals surface area contributed by atoms with E-state index in [9.17, 15) is 0 Å². The van der Waals surface area contributed by atoms with Gasteiger partial charge in [-0.2, -0.15) is 15.3 Å². The average molecular weight is 360 g/mol. The molecule has 0 spiro atoms. The molecule has 27 heavy (non-hydrogen) atoms. The van der Waals surface area contributed by atoms with E-state index in [-0.39, 0.29) is 0 Å². The molecule has 4 rings (SSSR count). The summed E-state index contributed by atoms with van der Waals surface area (Å²) >= 11 is 0. The zero-order valence-electron chi connectivity index (χ0n) is 15.5. The smallest absolute Gasteiger partial charge is 0.162 e. The summed E-state index contributed by atoms with van der Waals surface area (Å²) in [7, 11) is 3.23. The lowest BCUT2D eigenvalue weighted by molar-refractivity contribution is 0.356. The van der Waals surface area contributed by atoms with Gasteiger partial charge in [0.15, 0.2) is 11.5 Å². The third-order valence-corrected chi connectivity index (χ3v) is 4.52. The van der Waals surface area contributed by atoms with Crippen molar-refractivity contribution < 1.29 is 9.47 Å². The van der Waals surface area contributed by atoms with Crippen LogP contribution in [-0.2, 0) is 6.54 Å². The van der Waals surface area contributed by atoms with E-state index in [1.54, 1.807) is 20.4 Å². The molecule has 2 heterocycles. The minimum Gasteiger partial charge on any atom is -0.493 e. The van der Waals surface area contributed by atoms with E-state index in [1.807, 2.05) is 29.2 Å². The summed E-state index contributed by atoms with van der Waals surface area (Å²) in [4.78, 5) is 0. The maximum atomic E-state index is 5.44. The summed E-state index contributed by atoms with van der Waals surface area (Å²) in [5.41, 5.74) is 5.14. The normalized spacial score (nSPS) is 10.9. The number of benzene rings is 2. The van der Waals surface area contributed by atoms with Gasteiger partial charge in [0.05, 0.1) is 38.7 Å². The van der Waals surface area contributed by atoms with E-state index in [4.69, 9.17) is 9.47 Å².